The van der Waals surface area contributed by atoms with Crippen LogP contribution in [0, 0.1) is 0 Å². The van der Waals surface area contributed by atoms with Crippen molar-refractivity contribution in [2.75, 3.05) is 5.73 Å². The Morgan fingerprint density at radius 3 is 3.05 bits per heavy atom. The van der Waals surface area contributed by atoms with Gasteiger partial charge in [-0.2, -0.15) is 0 Å². The zero-order chi connectivity index (χ0) is 13.7. The van der Waals surface area contributed by atoms with Gasteiger partial charge in [0.15, 0.2) is 0 Å². The Balaban J connectivity index is 1.94. The van der Waals surface area contributed by atoms with Crippen LogP contribution >= 0.6 is 0 Å². The summed E-state index contributed by atoms with van der Waals surface area (Å²) in [6.07, 6.45) is 6.58. The standard InChI is InChI=1S/C14H16N4O/c1-10(14-16-7-8-17-14)18-13(19)6-5-11-3-2-4-12(15)9-11/h2-10H,15H2,1H3,(H,16,17)(H,18,19)/b6-5+. The number of amides is 1. The predicted molar refractivity (Wildman–Crippen MR) is 75.0 cm³/mol. The van der Waals surface area contributed by atoms with E-state index in [4.69, 9.17) is 5.73 Å². The van der Waals surface area contributed by atoms with Crippen LogP contribution in [0.25, 0.3) is 6.08 Å². The molecular weight excluding hydrogens is 240 g/mol. The van der Waals surface area contributed by atoms with Gasteiger partial charge < -0.3 is 16.0 Å². The Morgan fingerprint density at radius 2 is 2.37 bits per heavy atom. The SMILES string of the molecule is CC(NC(=O)/C=C/c1cccc(N)c1)c1ncc[nH]1. The van der Waals surface area contributed by atoms with Crippen LogP contribution in [-0.4, -0.2) is 15.9 Å². The lowest BCUT2D eigenvalue weighted by Gasteiger charge is -2.09. The summed E-state index contributed by atoms with van der Waals surface area (Å²) < 4.78 is 0. The summed E-state index contributed by atoms with van der Waals surface area (Å²) in [4.78, 5) is 18.8. The van der Waals surface area contributed by atoms with Crippen molar-refractivity contribution in [3.63, 3.8) is 0 Å². The van der Waals surface area contributed by atoms with Gasteiger partial charge in [0.1, 0.15) is 5.82 Å². The molecule has 1 unspecified atom stereocenters. The first-order chi connectivity index (χ1) is 9.15. The van der Waals surface area contributed by atoms with Gasteiger partial charge in [0.25, 0.3) is 0 Å². The van der Waals surface area contributed by atoms with Crippen LogP contribution in [0.1, 0.15) is 24.4 Å². The molecule has 1 heterocycles. The zero-order valence-electron chi connectivity index (χ0n) is 10.6. The van der Waals surface area contributed by atoms with Crippen molar-refractivity contribution in [1.29, 1.82) is 0 Å². The predicted octanol–water partition coefficient (Wildman–Crippen LogP) is 1.88. The number of aromatic amines is 1. The van der Waals surface area contributed by atoms with Gasteiger partial charge in [0.05, 0.1) is 6.04 Å². The highest BCUT2D eigenvalue weighted by atomic mass is 16.1. The van der Waals surface area contributed by atoms with Crippen molar-refractivity contribution in [2.45, 2.75) is 13.0 Å². The monoisotopic (exact) mass is 256 g/mol. The summed E-state index contributed by atoms with van der Waals surface area (Å²) >= 11 is 0. The number of nitrogen functional groups attached to an aromatic ring is 1. The summed E-state index contributed by atoms with van der Waals surface area (Å²) in [5.74, 6) is 0.553. The van der Waals surface area contributed by atoms with E-state index in [9.17, 15) is 4.79 Å². The first-order valence-electron chi connectivity index (χ1n) is 5.98. The van der Waals surface area contributed by atoms with Crippen LogP contribution in [0.4, 0.5) is 5.69 Å². The topological polar surface area (TPSA) is 83.8 Å². The fourth-order valence-electron chi connectivity index (χ4n) is 1.68. The summed E-state index contributed by atoms with van der Waals surface area (Å²) in [7, 11) is 0. The lowest BCUT2D eigenvalue weighted by atomic mass is 10.2. The van der Waals surface area contributed by atoms with Gasteiger partial charge in [-0.1, -0.05) is 12.1 Å². The van der Waals surface area contributed by atoms with Crippen molar-refractivity contribution >= 4 is 17.7 Å². The van der Waals surface area contributed by atoms with Crippen LogP contribution in [0.15, 0.2) is 42.7 Å². The average Bonchev–Trinajstić information content (AvgIpc) is 2.90. The molecule has 1 aromatic carbocycles. The number of imidazole rings is 1. The normalized spacial score (nSPS) is 12.5. The third-order valence-electron chi connectivity index (χ3n) is 2.63. The molecule has 1 aromatic heterocycles. The average molecular weight is 256 g/mol. The van der Waals surface area contributed by atoms with Gasteiger partial charge in [-0.3, -0.25) is 4.79 Å². The lowest BCUT2D eigenvalue weighted by molar-refractivity contribution is -0.117. The number of aromatic nitrogens is 2. The number of benzene rings is 1. The maximum absolute atomic E-state index is 11.7. The van der Waals surface area contributed by atoms with Crippen molar-refractivity contribution in [1.82, 2.24) is 15.3 Å². The lowest BCUT2D eigenvalue weighted by Crippen LogP contribution is -2.25. The fraction of sp³-hybridized carbons (Fsp3) is 0.143. The number of H-pyrrole nitrogens is 1. The number of nitrogens with two attached hydrogens (primary N) is 1. The van der Waals surface area contributed by atoms with Crippen molar-refractivity contribution in [2.24, 2.45) is 0 Å². The van der Waals surface area contributed by atoms with Crippen molar-refractivity contribution in [3.05, 3.63) is 54.1 Å². The number of carbonyl (C=O) groups excluding carboxylic acids is 1. The minimum absolute atomic E-state index is 0.159. The molecule has 2 rings (SSSR count). The highest BCUT2D eigenvalue weighted by Crippen LogP contribution is 2.09. The van der Waals surface area contributed by atoms with E-state index >= 15 is 0 Å². The van der Waals surface area contributed by atoms with Gasteiger partial charge in [0.2, 0.25) is 5.91 Å². The van der Waals surface area contributed by atoms with Crippen LogP contribution in [0.2, 0.25) is 0 Å². The minimum atomic E-state index is -0.175. The molecule has 98 valence electrons. The first-order valence-corrected chi connectivity index (χ1v) is 5.98. The van der Waals surface area contributed by atoms with E-state index in [1.165, 1.54) is 6.08 Å². The van der Waals surface area contributed by atoms with Crippen molar-refractivity contribution < 1.29 is 4.79 Å². The van der Waals surface area contributed by atoms with E-state index in [2.05, 4.69) is 15.3 Å². The van der Waals surface area contributed by atoms with E-state index < -0.39 is 0 Å². The fourth-order valence-corrected chi connectivity index (χ4v) is 1.68. The third-order valence-corrected chi connectivity index (χ3v) is 2.63. The summed E-state index contributed by atoms with van der Waals surface area (Å²) in [5.41, 5.74) is 7.23. The number of nitrogens with one attached hydrogen (secondary N) is 2. The Morgan fingerprint density at radius 1 is 1.53 bits per heavy atom. The van der Waals surface area contributed by atoms with Gasteiger partial charge in [-0.15, -0.1) is 0 Å². The molecule has 5 heteroatoms. The smallest absolute Gasteiger partial charge is 0.244 e. The molecule has 4 N–H and O–H groups in total. The summed E-state index contributed by atoms with van der Waals surface area (Å²) in [6.45, 7) is 1.87. The second-order valence-corrected chi connectivity index (χ2v) is 4.21. The maximum Gasteiger partial charge on any atom is 0.244 e. The van der Waals surface area contributed by atoms with Gasteiger partial charge >= 0.3 is 0 Å². The summed E-state index contributed by atoms with van der Waals surface area (Å²) in [6, 6.07) is 7.18. The number of nitrogens with zero attached hydrogens (tertiary/aromatic N) is 1. The molecule has 0 radical (unpaired) electrons. The van der Waals surface area contributed by atoms with Gasteiger partial charge in [0, 0.05) is 24.2 Å². The van der Waals surface area contributed by atoms with Gasteiger partial charge in [-0.05, 0) is 30.7 Å². The zero-order valence-corrected chi connectivity index (χ0v) is 10.6. The number of anilines is 1. The highest BCUT2D eigenvalue weighted by Gasteiger charge is 2.08. The third kappa shape index (κ3) is 3.70. The molecule has 0 saturated carbocycles. The van der Waals surface area contributed by atoms with Crippen LogP contribution < -0.4 is 11.1 Å². The Kier molecular flexibility index (Phi) is 3.97. The minimum Gasteiger partial charge on any atom is -0.399 e. The molecule has 0 aliphatic heterocycles. The van der Waals surface area contributed by atoms with Crippen LogP contribution in [0.5, 0.6) is 0 Å². The second-order valence-electron chi connectivity index (χ2n) is 4.21. The van der Waals surface area contributed by atoms with Crippen molar-refractivity contribution in [3.8, 4) is 0 Å². The maximum atomic E-state index is 11.7. The Labute approximate surface area is 111 Å². The highest BCUT2D eigenvalue weighted by molar-refractivity contribution is 5.92. The molecular formula is C14H16N4O. The molecule has 2 aromatic rings. The van der Waals surface area contributed by atoms with E-state index in [0.717, 1.165) is 11.4 Å². The van der Waals surface area contributed by atoms with E-state index in [1.54, 1.807) is 30.6 Å². The molecule has 1 amide bonds. The molecule has 0 bridgehead atoms. The van der Waals surface area contributed by atoms with Crippen LogP contribution in [-0.2, 0) is 4.79 Å². The Bertz CT molecular complexity index is 575. The molecule has 0 spiro atoms. The summed E-state index contributed by atoms with van der Waals surface area (Å²) in [5, 5.41) is 2.82. The quantitative estimate of drug-likeness (QED) is 0.577. The van der Waals surface area contributed by atoms with E-state index in [0.29, 0.717) is 5.69 Å². The number of hydrogen-bond donors (Lipinski definition) is 3. The molecule has 1 atom stereocenters. The molecule has 5 nitrogen and oxygen atoms in total. The molecule has 0 aliphatic rings. The Hall–Kier alpha value is -2.56. The largest absolute Gasteiger partial charge is 0.399 e. The van der Waals surface area contributed by atoms with E-state index in [-0.39, 0.29) is 11.9 Å². The van der Waals surface area contributed by atoms with Gasteiger partial charge in [-0.25, -0.2) is 4.98 Å². The second kappa shape index (κ2) is 5.86. The molecule has 0 fully saturated rings. The number of hydrogen-bond acceptors (Lipinski definition) is 3. The molecule has 0 aliphatic carbocycles. The first kappa shape index (κ1) is 12.9. The van der Waals surface area contributed by atoms with E-state index in [1.807, 2.05) is 19.1 Å². The molecule has 0 saturated heterocycles. The number of carbonyl (C=O) groups is 1. The number of rotatable bonds is 4. The molecule has 19 heavy (non-hydrogen) atoms. The van der Waals surface area contributed by atoms with Crippen LogP contribution in [0.3, 0.4) is 0 Å².